The number of aromatic nitrogens is 2. The number of hydrogen-bond acceptors (Lipinski definition) is 5. The predicted molar refractivity (Wildman–Crippen MR) is 92.4 cm³/mol. The van der Waals surface area contributed by atoms with Gasteiger partial charge in [0.15, 0.2) is 0 Å². The number of rotatable bonds is 6. The first-order valence-electron chi connectivity index (χ1n) is 7.70. The lowest BCUT2D eigenvalue weighted by Crippen LogP contribution is -2.37. The summed E-state index contributed by atoms with van der Waals surface area (Å²) >= 11 is 1.25. The Balaban J connectivity index is 1.94. The van der Waals surface area contributed by atoms with Gasteiger partial charge in [-0.3, -0.25) is 4.79 Å². The molecule has 0 aliphatic rings. The summed E-state index contributed by atoms with van der Waals surface area (Å²) in [6.45, 7) is 10.3. The Hall–Kier alpha value is -1.82. The Morgan fingerprint density at radius 2 is 1.96 bits per heavy atom. The molecule has 1 N–H and O–H groups in total. The number of carbonyl (C=O) groups excluding carboxylic acids is 1. The molecule has 1 aromatic carbocycles. The van der Waals surface area contributed by atoms with E-state index in [9.17, 15) is 4.79 Å². The molecule has 0 saturated carbocycles. The molecular formula is C17H23N3O2S. The molecule has 0 radical (unpaired) electrons. The van der Waals surface area contributed by atoms with Gasteiger partial charge in [-0.15, -0.1) is 10.2 Å². The largest absolute Gasteiger partial charge is 0.411 e. The molecule has 5 nitrogen and oxygen atoms in total. The molecule has 0 fully saturated rings. The number of nitrogens with one attached hydrogen (secondary N) is 1. The van der Waals surface area contributed by atoms with Crippen molar-refractivity contribution in [3.8, 4) is 11.5 Å². The molecule has 124 valence electrons. The summed E-state index contributed by atoms with van der Waals surface area (Å²) in [6.07, 6.45) is 0. The van der Waals surface area contributed by atoms with Gasteiger partial charge in [-0.1, -0.05) is 31.7 Å². The van der Waals surface area contributed by atoms with E-state index in [2.05, 4.69) is 36.3 Å². The van der Waals surface area contributed by atoms with E-state index in [4.69, 9.17) is 4.42 Å². The number of carbonyl (C=O) groups is 1. The van der Waals surface area contributed by atoms with Crippen molar-refractivity contribution in [2.45, 2.75) is 45.9 Å². The van der Waals surface area contributed by atoms with Crippen LogP contribution in [-0.2, 0) is 4.79 Å². The van der Waals surface area contributed by atoms with Crippen molar-refractivity contribution in [1.29, 1.82) is 0 Å². The molecule has 1 heterocycles. The zero-order valence-corrected chi connectivity index (χ0v) is 15.0. The van der Waals surface area contributed by atoms with Crippen LogP contribution in [0.25, 0.3) is 11.5 Å². The van der Waals surface area contributed by atoms with Crippen LogP contribution < -0.4 is 5.32 Å². The van der Waals surface area contributed by atoms with Crippen molar-refractivity contribution in [2.24, 2.45) is 5.92 Å². The van der Waals surface area contributed by atoms with Crippen molar-refractivity contribution in [2.75, 3.05) is 5.75 Å². The number of benzene rings is 1. The molecule has 23 heavy (non-hydrogen) atoms. The van der Waals surface area contributed by atoms with E-state index in [0.717, 1.165) is 5.56 Å². The van der Waals surface area contributed by atoms with Crippen molar-refractivity contribution >= 4 is 17.7 Å². The number of hydrogen-bond donors (Lipinski definition) is 1. The standard InChI is InChI=1S/C17H23N3O2S/c1-10(2)13(5)18-15(21)9-23-17-20-19-16(22-17)14-7-6-11(3)12(4)8-14/h6-8,10,13H,9H2,1-5H3,(H,18,21). The first kappa shape index (κ1) is 17.5. The highest BCUT2D eigenvalue weighted by molar-refractivity contribution is 7.99. The Morgan fingerprint density at radius 1 is 1.22 bits per heavy atom. The topological polar surface area (TPSA) is 68.0 Å². The van der Waals surface area contributed by atoms with E-state index in [-0.39, 0.29) is 17.7 Å². The van der Waals surface area contributed by atoms with E-state index in [1.807, 2.05) is 32.0 Å². The normalized spacial score (nSPS) is 12.4. The molecule has 1 aromatic heterocycles. The van der Waals surface area contributed by atoms with Gasteiger partial charge in [-0.05, 0) is 49.9 Å². The van der Waals surface area contributed by atoms with Gasteiger partial charge in [0.2, 0.25) is 11.8 Å². The predicted octanol–water partition coefficient (Wildman–Crippen LogP) is 3.61. The molecule has 0 spiro atoms. The molecule has 1 unspecified atom stereocenters. The van der Waals surface area contributed by atoms with Crippen LogP contribution in [0.1, 0.15) is 31.9 Å². The average Bonchev–Trinajstić information content (AvgIpc) is 2.96. The van der Waals surface area contributed by atoms with Crippen LogP contribution >= 0.6 is 11.8 Å². The third-order valence-corrected chi connectivity index (χ3v) is 4.69. The first-order valence-corrected chi connectivity index (χ1v) is 8.68. The van der Waals surface area contributed by atoms with E-state index in [1.54, 1.807) is 0 Å². The van der Waals surface area contributed by atoms with Gasteiger partial charge in [-0.25, -0.2) is 0 Å². The summed E-state index contributed by atoms with van der Waals surface area (Å²) in [5, 5.41) is 11.4. The third-order valence-electron chi connectivity index (χ3n) is 3.88. The lowest BCUT2D eigenvalue weighted by atomic mass is 10.1. The minimum atomic E-state index is -0.0258. The summed E-state index contributed by atoms with van der Waals surface area (Å²) in [6, 6.07) is 6.16. The molecule has 0 aliphatic carbocycles. The van der Waals surface area contributed by atoms with Crippen LogP contribution in [0.3, 0.4) is 0 Å². The second-order valence-electron chi connectivity index (χ2n) is 6.06. The third kappa shape index (κ3) is 4.82. The number of nitrogens with zero attached hydrogens (tertiary/aromatic N) is 2. The van der Waals surface area contributed by atoms with Crippen LogP contribution in [0.5, 0.6) is 0 Å². The fraction of sp³-hybridized carbons (Fsp3) is 0.471. The fourth-order valence-corrected chi connectivity index (χ4v) is 2.42. The van der Waals surface area contributed by atoms with Gasteiger partial charge >= 0.3 is 0 Å². The first-order chi connectivity index (χ1) is 10.9. The Kier molecular flexibility index (Phi) is 5.82. The highest BCUT2D eigenvalue weighted by Gasteiger charge is 2.14. The zero-order chi connectivity index (χ0) is 17.0. The second-order valence-corrected chi connectivity index (χ2v) is 6.99. The zero-order valence-electron chi connectivity index (χ0n) is 14.2. The quantitative estimate of drug-likeness (QED) is 0.818. The minimum absolute atomic E-state index is 0.0258. The van der Waals surface area contributed by atoms with Crippen LogP contribution in [0, 0.1) is 19.8 Å². The fourth-order valence-electron chi connectivity index (χ4n) is 1.85. The summed E-state index contributed by atoms with van der Waals surface area (Å²) in [7, 11) is 0. The van der Waals surface area contributed by atoms with Crippen molar-refractivity contribution in [3.63, 3.8) is 0 Å². The number of thioether (sulfide) groups is 1. The maximum Gasteiger partial charge on any atom is 0.277 e. The van der Waals surface area contributed by atoms with Gasteiger partial charge in [0.05, 0.1) is 5.75 Å². The van der Waals surface area contributed by atoms with Crippen molar-refractivity contribution < 1.29 is 9.21 Å². The van der Waals surface area contributed by atoms with Gasteiger partial charge in [-0.2, -0.15) is 0 Å². The minimum Gasteiger partial charge on any atom is -0.411 e. The average molecular weight is 333 g/mol. The lowest BCUT2D eigenvalue weighted by Gasteiger charge is -2.16. The molecule has 2 rings (SSSR count). The van der Waals surface area contributed by atoms with Gasteiger partial charge in [0.25, 0.3) is 5.22 Å². The van der Waals surface area contributed by atoms with Gasteiger partial charge in [0, 0.05) is 11.6 Å². The Morgan fingerprint density at radius 3 is 2.61 bits per heavy atom. The monoisotopic (exact) mass is 333 g/mol. The van der Waals surface area contributed by atoms with E-state index in [0.29, 0.717) is 17.0 Å². The van der Waals surface area contributed by atoms with Crippen LogP contribution in [0.4, 0.5) is 0 Å². The van der Waals surface area contributed by atoms with Crippen LogP contribution in [0.2, 0.25) is 0 Å². The van der Waals surface area contributed by atoms with Crippen molar-refractivity contribution in [1.82, 2.24) is 15.5 Å². The van der Waals surface area contributed by atoms with E-state index in [1.165, 1.54) is 22.9 Å². The van der Waals surface area contributed by atoms with E-state index < -0.39 is 0 Å². The Bertz CT molecular complexity index is 682. The molecule has 2 aromatic rings. The molecule has 6 heteroatoms. The highest BCUT2D eigenvalue weighted by Crippen LogP contribution is 2.24. The smallest absolute Gasteiger partial charge is 0.277 e. The highest BCUT2D eigenvalue weighted by atomic mass is 32.2. The molecule has 0 aliphatic heterocycles. The maximum absolute atomic E-state index is 11.9. The van der Waals surface area contributed by atoms with Crippen molar-refractivity contribution in [3.05, 3.63) is 29.3 Å². The van der Waals surface area contributed by atoms with Gasteiger partial charge < -0.3 is 9.73 Å². The Labute approximate surface area is 141 Å². The lowest BCUT2D eigenvalue weighted by molar-refractivity contribution is -0.119. The molecular weight excluding hydrogens is 310 g/mol. The van der Waals surface area contributed by atoms with Gasteiger partial charge in [0.1, 0.15) is 0 Å². The number of amides is 1. The molecule has 1 atom stereocenters. The molecule has 0 saturated heterocycles. The van der Waals surface area contributed by atoms with Crippen LogP contribution in [-0.4, -0.2) is 27.9 Å². The molecule has 1 amide bonds. The number of aryl methyl sites for hydroxylation is 2. The summed E-state index contributed by atoms with van der Waals surface area (Å²) in [5.41, 5.74) is 3.29. The summed E-state index contributed by atoms with van der Waals surface area (Å²) in [4.78, 5) is 11.9. The maximum atomic E-state index is 11.9. The second kappa shape index (κ2) is 7.64. The molecule has 0 bridgehead atoms. The summed E-state index contributed by atoms with van der Waals surface area (Å²) in [5.74, 6) is 1.13. The SMILES string of the molecule is Cc1ccc(-c2nnc(SCC(=O)NC(C)C(C)C)o2)cc1C. The summed E-state index contributed by atoms with van der Waals surface area (Å²) < 4.78 is 5.63. The van der Waals surface area contributed by atoms with Crippen LogP contribution in [0.15, 0.2) is 27.8 Å². The van der Waals surface area contributed by atoms with E-state index >= 15 is 0 Å².